The number of nitrogens with zero attached hydrogens (tertiary/aromatic N) is 1. The van der Waals surface area contributed by atoms with Crippen LogP contribution in [-0.2, 0) is 10.0 Å². The number of nitro groups is 1. The van der Waals surface area contributed by atoms with Gasteiger partial charge in [0.1, 0.15) is 4.21 Å². The lowest BCUT2D eigenvalue weighted by atomic mass is 10.2. The molecule has 0 amide bonds. The first-order valence-electron chi connectivity index (χ1n) is 5.43. The Hall–Kier alpha value is -1.35. The molecule has 1 aromatic carbocycles. The average Bonchev–Trinajstić information content (AvgIpc) is 2.77. The zero-order valence-corrected chi connectivity index (χ0v) is 13.6. The zero-order valence-electron chi connectivity index (χ0n) is 10.5. The van der Waals surface area contributed by atoms with E-state index in [1.165, 1.54) is 0 Å². The van der Waals surface area contributed by atoms with Crippen molar-refractivity contribution in [1.29, 1.82) is 0 Å². The topological polar surface area (TPSA) is 89.3 Å². The Morgan fingerprint density at radius 3 is 2.52 bits per heavy atom. The Kier molecular flexibility index (Phi) is 4.43. The van der Waals surface area contributed by atoms with Crippen LogP contribution < -0.4 is 4.72 Å². The maximum absolute atomic E-state index is 12.2. The van der Waals surface area contributed by atoms with E-state index in [1.807, 2.05) is 0 Å². The summed E-state index contributed by atoms with van der Waals surface area (Å²) >= 11 is 12.2. The average molecular weight is 367 g/mol. The number of sulfonamides is 1. The van der Waals surface area contributed by atoms with Gasteiger partial charge in [0.25, 0.3) is 15.7 Å². The Labute approximate surface area is 134 Å². The summed E-state index contributed by atoms with van der Waals surface area (Å²) in [5.74, 6) is 0. The van der Waals surface area contributed by atoms with Crippen molar-refractivity contribution >= 4 is 55.9 Å². The summed E-state index contributed by atoms with van der Waals surface area (Å²) in [6.07, 6.45) is 0. The smallest absolute Gasteiger partial charge is 0.277 e. The van der Waals surface area contributed by atoms with Gasteiger partial charge in [-0.25, -0.2) is 8.42 Å². The van der Waals surface area contributed by atoms with Crippen LogP contribution in [0.1, 0.15) is 5.56 Å². The molecule has 0 aliphatic carbocycles. The molecule has 6 nitrogen and oxygen atoms in total. The van der Waals surface area contributed by atoms with E-state index in [0.29, 0.717) is 11.3 Å². The van der Waals surface area contributed by atoms with Crippen LogP contribution >= 0.6 is 34.5 Å². The monoisotopic (exact) mass is 366 g/mol. The van der Waals surface area contributed by atoms with Gasteiger partial charge in [-0.15, -0.1) is 11.3 Å². The Morgan fingerprint density at radius 1 is 1.29 bits per heavy atom. The first-order chi connectivity index (χ1) is 9.70. The molecule has 0 bridgehead atoms. The number of anilines is 1. The Balaban J connectivity index is 2.41. The van der Waals surface area contributed by atoms with Crippen molar-refractivity contribution < 1.29 is 13.3 Å². The third kappa shape index (κ3) is 3.46. The van der Waals surface area contributed by atoms with Crippen molar-refractivity contribution in [2.75, 3.05) is 4.72 Å². The second-order valence-electron chi connectivity index (χ2n) is 4.07. The fraction of sp³-hybridized carbons (Fsp3) is 0.0909. The van der Waals surface area contributed by atoms with E-state index in [0.717, 1.165) is 11.6 Å². The summed E-state index contributed by atoms with van der Waals surface area (Å²) in [6, 6.07) is 5.76. The molecule has 2 aromatic rings. The number of halogens is 2. The van der Waals surface area contributed by atoms with Gasteiger partial charge in [-0.3, -0.25) is 14.8 Å². The molecule has 10 heteroatoms. The van der Waals surface area contributed by atoms with E-state index in [1.54, 1.807) is 25.1 Å². The first kappa shape index (κ1) is 16.0. The quantitative estimate of drug-likeness (QED) is 0.652. The minimum atomic E-state index is -3.99. The van der Waals surface area contributed by atoms with Crippen molar-refractivity contribution in [2.45, 2.75) is 11.1 Å². The summed E-state index contributed by atoms with van der Waals surface area (Å²) in [7, 11) is -3.99. The maximum atomic E-state index is 12.2. The highest BCUT2D eigenvalue weighted by molar-refractivity contribution is 7.94. The number of aryl methyl sites for hydroxylation is 1. The number of hydrogen-bond acceptors (Lipinski definition) is 5. The fourth-order valence-electron chi connectivity index (χ4n) is 1.51. The molecule has 0 radical (unpaired) electrons. The van der Waals surface area contributed by atoms with Crippen LogP contribution in [0, 0.1) is 17.0 Å². The molecule has 2 rings (SSSR count). The normalized spacial score (nSPS) is 11.4. The van der Waals surface area contributed by atoms with Gasteiger partial charge in [-0.05, 0) is 24.6 Å². The van der Waals surface area contributed by atoms with E-state index < -0.39 is 20.6 Å². The number of nitrogens with one attached hydrogen (secondary N) is 1. The molecular formula is C11H8Cl2N2O4S2. The lowest BCUT2D eigenvalue weighted by molar-refractivity contribution is -0.384. The van der Waals surface area contributed by atoms with Crippen LogP contribution in [0.15, 0.2) is 28.5 Å². The summed E-state index contributed by atoms with van der Waals surface area (Å²) in [4.78, 5) is 9.97. The van der Waals surface area contributed by atoms with Gasteiger partial charge < -0.3 is 0 Å². The van der Waals surface area contributed by atoms with Crippen LogP contribution in [0.4, 0.5) is 11.4 Å². The second-order valence-corrected chi connectivity index (χ2v) is 8.04. The molecule has 1 aromatic heterocycles. The van der Waals surface area contributed by atoms with Crippen molar-refractivity contribution in [3.05, 3.63) is 49.3 Å². The zero-order chi connectivity index (χ0) is 15.8. The molecule has 1 heterocycles. The molecule has 112 valence electrons. The van der Waals surface area contributed by atoms with Gasteiger partial charge in [0.05, 0.1) is 15.6 Å². The standard InChI is InChI=1S/C11H8Cl2N2O4S2/c1-6-2-3-7(12)8(4-6)14-21(18,19)10-5-9(15(16)17)11(13)20-10/h2-5,14H,1H3. The van der Waals surface area contributed by atoms with Crippen LogP contribution in [0.2, 0.25) is 9.36 Å². The number of thiophene rings is 1. The third-order valence-electron chi connectivity index (χ3n) is 2.47. The van der Waals surface area contributed by atoms with E-state index in [4.69, 9.17) is 23.2 Å². The minimum Gasteiger partial charge on any atom is -0.277 e. The van der Waals surface area contributed by atoms with Crippen LogP contribution in [0.25, 0.3) is 0 Å². The Bertz CT molecular complexity index is 818. The fourth-order valence-corrected chi connectivity index (χ4v) is 4.46. The molecule has 0 aliphatic heterocycles. The highest BCUT2D eigenvalue weighted by atomic mass is 35.5. The molecule has 0 fully saturated rings. The van der Waals surface area contributed by atoms with Crippen LogP contribution in [0.5, 0.6) is 0 Å². The minimum absolute atomic E-state index is 0.198. The van der Waals surface area contributed by atoms with E-state index in [9.17, 15) is 18.5 Å². The number of rotatable bonds is 4. The third-order valence-corrected chi connectivity index (χ3v) is 5.98. The van der Waals surface area contributed by atoms with Gasteiger partial charge in [-0.2, -0.15) is 0 Å². The molecule has 0 atom stereocenters. The first-order valence-corrected chi connectivity index (χ1v) is 8.49. The molecular weight excluding hydrogens is 359 g/mol. The predicted octanol–water partition coefficient (Wildman–Crippen LogP) is 4.07. The highest BCUT2D eigenvalue weighted by Gasteiger charge is 2.25. The summed E-state index contributed by atoms with van der Waals surface area (Å²) in [5.41, 5.74) is 0.563. The van der Waals surface area contributed by atoms with Gasteiger partial charge in [0.15, 0.2) is 4.34 Å². The van der Waals surface area contributed by atoms with Crippen molar-refractivity contribution in [2.24, 2.45) is 0 Å². The lowest BCUT2D eigenvalue weighted by Gasteiger charge is -2.08. The van der Waals surface area contributed by atoms with E-state index >= 15 is 0 Å². The van der Waals surface area contributed by atoms with Crippen molar-refractivity contribution in [3.63, 3.8) is 0 Å². The van der Waals surface area contributed by atoms with Gasteiger partial charge >= 0.3 is 0 Å². The predicted molar refractivity (Wildman–Crippen MR) is 83.0 cm³/mol. The van der Waals surface area contributed by atoms with Gasteiger partial charge in [0, 0.05) is 6.07 Å². The molecule has 0 saturated carbocycles. The number of hydrogen-bond donors (Lipinski definition) is 1. The molecule has 0 saturated heterocycles. The van der Waals surface area contributed by atoms with Crippen molar-refractivity contribution in [1.82, 2.24) is 0 Å². The molecule has 0 spiro atoms. The van der Waals surface area contributed by atoms with Crippen LogP contribution in [0.3, 0.4) is 0 Å². The van der Waals surface area contributed by atoms with Gasteiger partial charge in [0.2, 0.25) is 0 Å². The second kappa shape index (κ2) is 5.80. The van der Waals surface area contributed by atoms with Crippen LogP contribution in [-0.4, -0.2) is 13.3 Å². The molecule has 0 unspecified atom stereocenters. The summed E-state index contributed by atoms with van der Waals surface area (Å²) < 4.78 is 26.3. The Morgan fingerprint density at radius 2 is 1.95 bits per heavy atom. The maximum Gasteiger partial charge on any atom is 0.300 e. The summed E-state index contributed by atoms with van der Waals surface area (Å²) in [6.45, 7) is 1.78. The van der Waals surface area contributed by atoms with E-state index in [2.05, 4.69) is 4.72 Å². The largest absolute Gasteiger partial charge is 0.300 e. The SMILES string of the molecule is Cc1ccc(Cl)c(NS(=O)(=O)c2cc([N+](=O)[O-])c(Cl)s2)c1. The van der Waals surface area contributed by atoms with Crippen molar-refractivity contribution in [3.8, 4) is 0 Å². The number of benzene rings is 1. The summed E-state index contributed by atoms with van der Waals surface area (Å²) in [5, 5.41) is 10.9. The molecule has 0 aliphatic rings. The lowest BCUT2D eigenvalue weighted by Crippen LogP contribution is -2.12. The molecule has 1 N–H and O–H groups in total. The van der Waals surface area contributed by atoms with E-state index in [-0.39, 0.29) is 19.3 Å². The highest BCUT2D eigenvalue weighted by Crippen LogP contribution is 2.37. The molecule has 21 heavy (non-hydrogen) atoms. The van der Waals surface area contributed by atoms with Gasteiger partial charge in [-0.1, -0.05) is 29.3 Å².